The number of benzene rings is 2. The fraction of sp³-hybridized carbons (Fsp3) is 0.227. The molecule has 0 saturated carbocycles. The van der Waals surface area contributed by atoms with Gasteiger partial charge in [-0.3, -0.25) is 14.7 Å². The van der Waals surface area contributed by atoms with Crippen molar-refractivity contribution in [3.63, 3.8) is 0 Å². The average molecular weight is 374 g/mol. The molecular formula is C22H22N4O2. The van der Waals surface area contributed by atoms with Gasteiger partial charge in [0.25, 0.3) is 5.56 Å². The fourth-order valence-corrected chi connectivity index (χ4v) is 3.71. The molecule has 2 aromatic carbocycles. The van der Waals surface area contributed by atoms with Crippen LogP contribution in [0.3, 0.4) is 0 Å². The van der Waals surface area contributed by atoms with Crippen molar-refractivity contribution in [1.29, 1.82) is 0 Å². The molecule has 0 aliphatic heterocycles. The highest BCUT2D eigenvalue weighted by molar-refractivity contribution is 5.97. The van der Waals surface area contributed by atoms with Gasteiger partial charge in [0.15, 0.2) is 5.65 Å². The molecule has 2 aromatic heterocycles. The molecule has 6 heteroatoms. The molecule has 0 saturated heterocycles. The van der Waals surface area contributed by atoms with Crippen LogP contribution in [-0.2, 0) is 11.2 Å². The first-order valence-corrected chi connectivity index (χ1v) is 9.35. The number of carbonyl (C=O) groups is 1. The van der Waals surface area contributed by atoms with Crippen molar-refractivity contribution in [3.05, 3.63) is 75.8 Å². The lowest BCUT2D eigenvalue weighted by atomic mass is 10.1. The Kier molecular flexibility index (Phi) is 4.47. The number of H-pyrrole nitrogens is 1. The van der Waals surface area contributed by atoms with E-state index >= 15 is 0 Å². The van der Waals surface area contributed by atoms with Crippen molar-refractivity contribution >= 4 is 28.0 Å². The Morgan fingerprint density at radius 2 is 1.86 bits per heavy atom. The second kappa shape index (κ2) is 6.96. The Hall–Kier alpha value is -3.41. The zero-order valence-corrected chi connectivity index (χ0v) is 16.2. The Balaban J connectivity index is 1.69. The number of nitrogens with one attached hydrogen (secondary N) is 1. The second-order valence-electron chi connectivity index (χ2n) is 6.92. The number of likely N-dealkylation sites (N-methyl/N-ethyl adjacent to an activating group) is 1. The topological polar surface area (TPSA) is 70.5 Å². The van der Waals surface area contributed by atoms with Gasteiger partial charge in [0.05, 0.1) is 6.42 Å². The molecule has 4 aromatic rings. The van der Waals surface area contributed by atoms with E-state index in [4.69, 9.17) is 0 Å². The molecule has 0 bridgehead atoms. The van der Waals surface area contributed by atoms with E-state index < -0.39 is 0 Å². The van der Waals surface area contributed by atoms with Crippen LogP contribution >= 0.6 is 0 Å². The van der Waals surface area contributed by atoms with E-state index in [1.807, 2.05) is 57.2 Å². The van der Waals surface area contributed by atoms with Gasteiger partial charge in [0.2, 0.25) is 5.91 Å². The lowest BCUT2D eigenvalue weighted by molar-refractivity contribution is -0.118. The SMILES string of the molecule is CCN(C(=O)Cc1c(C)nc2cc(=O)[nH]n2c1C)c1ccc2ccccc2c1. The van der Waals surface area contributed by atoms with Gasteiger partial charge in [0.1, 0.15) is 0 Å². The van der Waals surface area contributed by atoms with Gasteiger partial charge in [-0.05, 0) is 43.7 Å². The first kappa shape index (κ1) is 18.0. The van der Waals surface area contributed by atoms with Crippen LogP contribution in [0, 0.1) is 13.8 Å². The number of anilines is 1. The number of carbonyl (C=O) groups excluding carboxylic acids is 1. The number of amides is 1. The highest BCUT2D eigenvalue weighted by Gasteiger charge is 2.19. The normalized spacial score (nSPS) is 11.2. The highest BCUT2D eigenvalue weighted by Crippen LogP contribution is 2.23. The molecule has 0 fully saturated rings. The van der Waals surface area contributed by atoms with Gasteiger partial charge < -0.3 is 4.90 Å². The maximum Gasteiger partial charge on any atom is 0.266 e. The summed E-state index contributed by atoms with van der Waals surface area (Å²) in [5.74, 6) is -0.000339. The smallest absolute Gasteiger partial charge is 0.266 e. The first-order chi connectivity index (χ1) is 13.5. The number of aromatic nitrogens is 3. The van der Waals surface area contributed by atoms with Gasteiger partial charge in [-0.25, -0.2) is 9.50 Å². The van der Waals surface area contributed by atoms with E-state index in [1.54, 1.807) is 9.42 Å². The van der Waals surface area contributed by atoms with Crippen molar-refractivity contribution in [2.75, 3.05) is 11.4 Å². The summed E-state index contributed by atoms with van der Waals surface area (Å²) in [6, 6.07) is 15.6. The summed E-state index contributed by atoms with van der Waals surface area (Å²) in [6.45, 7) is 6.31. The molecule has 1 N–H and O–H groups in total. The Morgan fingerprint density at radius 3 is 2.61 bits per heavy atom. The van der Waals surface area contributed by atoms with Gasteiger partial charge in [-0.2, -0.15) is 0 Å². The molecule has 0 unspecified atom stereocenters. The van der Waals surface area contributed by atoms with Crippen molar-refractivity contribution in [3.8, 4) is 0 Å². The van der Waals surface area contributed by atoms with Crippen LogP contribution in [0.2, 0.25) is 0 Å². The number of rotatable bonds is 4. The average Bonchev–Trinajstić information content (AvgIpc) is 3.06. The minimum Gasteiger partial charge on any atom is -0.312 e. The van der Waals surface area contributed by atoms with E-state index in [1.165, 1.54) is 6.07 Å². The predicted octanol–water partition coefficient (Wildman–Crippen LogP) is 3.39. The Bertz CT molecular complexity index is 1250. The summed E-state index contributed by atoms with van der Waals surface area (Å²) in [7, 11) is 0. The summed E-state index contributed by atoms with van der Waals surface area (Å²) in [5.41, 5.74) is 3.67. The first-order valence-electron chi connectivity index (χ1n) is 9.35. The van der Waals surface area contributed by atoms with Gasteiger partial charge in [-0.15, -0.1) is 0 Å². The Labute approximate surface area is 162 Å². The molecule has 2 heterocycles. The van der Waals surface area contributed by atoms with Gasteiger partial charge >= 0.3 is 0 Å². The number of hydrogen-bond donors (Lipinski definition) is 1. The van der Waals surface area contributed by atoms with E-state index in [0.29, 0.717) is 12.2 Å². The molecule has 0 spiro atoms. The molecule has 142 valence electrons. The maximum atomic E-state index is 13.1. The standard InChI is InChI=1S/C22H22N4O2/c1-4-25(18-10-9-16-7-5-6-8-17(16)11-18)22(28)12-19-14(2)23-20-13-21(27)24-26(20)15(19)3/h5-11,13H,4,12H2,1-3H3,(H,24,27). The lowest BCUT2D eigenvalue weighted by Gasteiger charge is -2.22. The summed E-state index contributed by atoms with van der Waals surface area (Å²) in [5, 5.41) is 4.99. The third-order valence-electron chi connectivity index (χ3n) is 5.19. The molecule has 28 heavy (non-hydrogen) atoms. The van der Waals surface area contributed by atoms with Crippen molar-refractivity contribution in [2.24, 2.45) is 0 Å². The van der Waals surface area contributed by atoms with Crippen LogP contribution in [0.4, 0.5) is 5.69 Å². The second-order valence-corrected chi connectivity index (χ2v) is 6.92. The molecular weight excluding hydrogens is 352 g/mol. The predicted molar refractivity (Wildman–Crippen MR) is 111 cm³/mol. The van der Waals surface area contributed by atoms with Gasteiger partial charge in [-0.1, -0.05) is 30.3 Å². The Morgan fingerprint density at radius 1 is 1.11 bits per heavy atom. The van der Waals surface area contributed by atoms with Crippen LogP contribution in [0.15, 0.2) is 53.3 Å². The number of aryl methyl sites for hydroxylation is 2. The van der Waals surface area contributed by atoms with Crippen molar-refractivity contribution < 1.29 is 4.79 Å². The number of hydrogen-bond acceptors (Lipinski definition) is 3. The van der Waals surface area contributed by atoms with Crippen molar-refractivity contribution in [2.45, 2.75) is 27.2 Å². The van der Waals surface area contributed by atoms with Crippen molar-refractivity contribution in [1.82, 2.24) is 14.6 Å². The summed E-state index contributed by atoms with van der Waals surface area (Å²) < 4.78 is 1.64. The minimum absolute atomic E-state index is 0.000339. The van der Waals surface area contributed by atoms with E-state index in [9.17, 15) is 9.59 Å². The minimum atomic E-state index is -0.204. The molecule has 4 rings (SSSR count). The quantitative estimate of drug-likeness (QED) is 0.595. The van der Waals surface area contributed by atoms with E-state index in [0.717, 1.165) is 33.4 Å². The maximum absolute atomic E-state index is 13.1. The molecule has 0 radical (unpaired) electrons. The summed E-state index contributed by atoms with van der Waals surface area (Å²) in [4.78, 5) is 31.0. The van der Waals surface area contributed by atoms with Crippen LogP contribution < -0.4 is 10.5 Å². The highest BCUT2D eigenvalue weighted by atomic mass is 16.2. The third-order valence-corrected chi connectivity index (χ3v) is 5.19. The lowest BCUT2D eigenvalue weighted by Crippen LogP contribution is -2.32. The number of aromatic amines is 1. The van der Waals surface area contributed by atoms with Crippen LogP contribution in [0.1, 0.15) is 23.9 Å². The molecule has 1 amide bonds. The van der Waals surface area contributed by atoms with Crippen LogP contribution in [-0.4, -0.2) is 27.0 Å². The molecule has 6 nitrogen and oxygen atoms in total. The molecule has 0 atom stereocenters. The number of nitrogens with zero attached hydrogens (tertiary/aromatic N) is 3. The zero-order chi connectivity index (χ0) is 19.8. The molecule has 0 aliphatic rings. The van der Waals surface area contributed by atoms with E-state index in [-0.39, 0.29) is 17.9 Å². The summed E-state index contributed by atoms with van der Waals surface area (Å²) in [6.07, 6.45) is 0.224. The summed E-state index contributed by atoms with van der Waals surface area (Å²) >= 11 is 0. The molecule has 0 aliphatic carbocycles. The van der Waals surface area contributed by atoms with Gasteiger partial charge in [0, 0.05) is 35.2 Å². The van der Waals surface area contributed by atoms with E-state index in [2.05, 4.69) is 16.1 Å². The number of fused-ring (bicyclic) bond motifs is 2. The largest absolute Gasteiger partial charge is 0.312 e. The van der Waals surface area contributed by atoms with Crippen LogP contribution in [0.25, 0.3) is 16.4 Å². The zero-order valence-electron chi connectivity index (χ0n) is 16.2. The monoisotopic (exact) mass is 374 g/mol. The van der Waals surface area contributed by atoms with Crippen LogP contribution in [0.5, 0.6) is 0 Å². The fourth-order valence-electron chi connectivity index (χ4n) is 3.71. The third kappa shape index (κ3) is 3.07.